The second kappa shape index (κ2) is 8.70. The van der Waals surface area contributed by atoms with Gasteiger partial charge in [-0.15, -0.1) is 12.4 Å². The predicted molar refractivity (Wildman–Crippen MR) is 90.3 cm³/mol. The zero-order valence-corrected chi connectivity index (χ0v) is 15.2. The van der Waals surface area contributed by atoms with E-state index in [1.54, 1.807) is 0 Å². The van der Waals surface area contributed by atoms with E-state index in [4.69, 9.17) is 11.6 Å². The number of benzene rings is 1. The topological polar surface area (TPSA) is 15.3 Å². The second-order valence-corrected chi connectivity index (χ2v) is 6.70. The van der Waals surface area contributed by atoms with E-state index in [-0.39, 0.29) is 23.9 Å². The third-order valence-corrected chi connectivity index (χ3v) is 4.30. The SMILES string of the molecule is CC(C)C[C@@H](c1cc(C(F)(F)F)cc(Cl)c1F)N1CCNCC1.Cl. The molecule has 0 aliphatic carbocycles. The van der Waals surface area contributed by atoms with Crippen molar-refractivity contribution in [2.24, 2.45) is 5.92 Å². The van der Waals surface area contributed by atoms with Gasteiger partial charge in [-0.3, -0.25) is 4.90 Å². The lowest BCUT2D eigenvalue weighted by atomic mass is 9.93. The van der Waals surface area contributed by atoms with Crippen molar-refractivity contribution < 1.29 is 17.6 Å². The van der Waals surface area contributed by atoms with E-state index in [9.17, 15) is 17.6 Å². The van der Waals surface area contributed by atoms with Gasteiger partial charge in [0.1, 0.15) is 5.82 Å². The minimum Gasteiger partial charge on any atom is -0.314 e. The highest BCUT2D eigenvalue weighted by Gasteiger charge is 2.34. The largest absolute Gasteiger partial charge is 0.416 e. The summed E-state index contributed by atoms with van der Waals surface area (Å²) in [6.07, 6.45) is -3.97. The Morgan fingerprint density at radius 1 is 1.21 bits per heavy atom. The fraction of sp³-hybridized carbons (Fsp3) is 0.625. The molecule has 0 spiro atoms. The van der Waals surface area contributed by atoms with Crippen molar-refractivity contribution in [1.82, 2.24) is 10.2 Å². The third-order valence-electron chi connectivity index (χ3n) is 4.03. The normalized spacial score (nSPS) is 17.7. The van der Waals surface area contributed by atoms with Gasteiger partial charge in [0.25, 0.3) is 0 Å². The molecule has 1 saturated heterocycles. The van der Waals surface area contributed by atoms with Crippen molar-refractivity contribution in [1.29, 1.82) is 0 Å². The van der Waals surface area contributed by atoms with Gasteiger partial charge in [-0.2, -0.15) is 13.2 Å². The zero-order valence-electron chi connectivity index (χ0n) is 13.6. The molecular formula is C16H22Cl2F4N2. The Labute approximate surface area is 151 Å². The number of nitrogens with one attached hydrogen (secondary N) is 1. The van der Waals surface area contributed by atoms with Gasteiger partial charge in [-0.05, 0) is 24.5 Å². The summed E-state index contributed by atoms with van der Waals surface area (Å²) in [7, 11) is 0. The first-order valence-corrected chi connectivity index (χ1v) is 8.09. The maximum absolute atomic E-state index is 14.5. The van der Waals surface area contributed by atoms with E-state index in [1.807, 2.05) is 18.7 Å². The van der Waals surface area contributed by atoms with Crippen LogP contribution >= 0.6 is 24.0 Å². The van der Waals surface area contributed by atoms with Crippen LogP contribution in [0.1, 0.15) is 37.4 Å². The van der Waals surface area contributed by atoms with Crippen molar-refractivity contribution in [3.63, 3.8) is 0 Å². The van der Waals surface area contributed by atoms with Crippen LogP contribution < -0.4 is 5.32 Å². The molecule has 0 aromatic heterocycles. The Morgan fingerprint density at radius 3 is 2.29 bits per heavy atom. The van der Waals surface area contributed by atoms with Crippen molar-refractivity contribution in [2.75, 3.05) is 26.2 Å². The van der Waals surface area contributed by atoms with E-state index >= 15 is 0 Å². The Kier molecular flexibility index (Phi) is 7.78. The van der Waals surface area contributed by atoms with Gasteiger partial charge in [0, 0.05) is 37.8 Å². The molecule has 24 heavy (non-hydrogen) atoms. The van der Waals surface area contributed by atoms with Crippen LogP contribution in [0.2, 0.25) is 5.02 Å². The Bertz CT molecular complexity index is 544. The minimum absolute atomic E-state index is 0. The van der Waals surface area contributed by atoms with Crippen LogP contribution in [-0.2, 0) is 6.18 Å². The van der Waals surface area contributed by atoms with Crippen molar-refractivity contribution in [3.8, 4) is 0 Å². The number of hydrogen-bond donors (Lipinski definition) is 1. The molecule has 1 fully saturated rings. The molecule has 2 rings (SSSR count). The summed E-state index contributed by atoms with van der Waals surface area (Å²) in [5.41, 5.74) is -0.858. The number of alkyl halides is 3. The van der Waals surface area contributed by atoms with E-state index < -0.39 is 28.6 Å². The molecule has 0 amide bonds. The number of piperazine rings is 1. The van der Waals surface area contributed by atoms with Crippen LogP contribution in [-0.4, -0.2) is 31.1 Å². The summed E-state index contributed by atoms with van der Waals surface area (Å²) in [4.78, 5) is 2.03. The lowest BCUT2D eigenvalue weighted by Gasteiger charge is -2.36. The molecular weight excluding hydrogens is 367 g/mol. The molecule has 8 heteroatoms. The van der Waals surface area contributed by atoms with E-state index in [2.05, 4.69) is 5.32 Å². The van der Waals surface area contributed by atoms with E-state index in [1.165, 1.54) is 0 Å². The summed E-state index contributed by atoms with van der Waals surface area (Å²) >= 11 is 5.74. The summed E-state index contributed by atoms with van der Waals surface area (Å²) < 4.78 is 53.6. The second-order valence-electron chi connectivity index (χ2n) is 6.29. The van der Waals surface area contributed by atoms with Crippen LogP contribution in [0.3, 0.4) is 0 Å². The Hall–Kier alpha value is -0.560. The van der Waals surface area contributed by atoms with Gasteiger partial charge in [0.05, 0.1) is 10.6 Å². The number of nitrogens with zero attached hydrogens (tertiary/aromatic N) is 1. The Balaban J connectivity index is 0.00000288. The molecule has 1 heterocycles. The summed E-state index contributed by atoms with van der Waals surface area (Å²) in [5.74, 6) is -0.522. The summed E-state index contributed by atoms with van der Waals surface area (Å²) in [5, 5.41) is 2.72. The molecule has 1 N–H and O–H groups in total. The maximum atomic E-state index is 14.5. The molecule has 0 unspecified atom stereocenters. The highest BCUT2D eigenvalue weighted by Crippen LogP contribution is 2.38. The molecule has 2 nitrogen and oxygen atoms in total. The van der Waals surface area contributed by atoms with E-state index in [0.29, 0.717) is 25.6 Å². The first kappa shape index (κ1) is 21.5. The van der Waals surface area contributed by atoms with Gasteiger partial charge < -0.3 is 5.32 Å². The molecule has 0 saturated carbocycles. The fourth-order valence-corrected chi connectivity index (χ4v) is 3.16. The standard InChI is InChI=1S/C16H21ClF4N2.ClH/c1-10(2)7-14(23-5-3-22-4-6-23)12-8-11(16(19,20)21)9-13(17)15(12)18;/h8-10,14,22H,3-7H2,1-2H3;1H/t14-;/m0./s1. The third kappa shape index (κ3) is 5.22. The number of hydrogen-bond acceptors (Lipinski definition) is 2. The first-order valence-electron chi connectivity index (χ1n) is 7.71. The van der Waals surface area contributed by atoms with Gasteiger partial charge >= 0.3 is 6.18 Å². The van der Waals surface area contributed by atoms with E-state index in [0.717, 1.165) is 19.2 Å². The van der Waals surface area contributed by atoms with Crippen LogP contribution in [0.4, 0.5) is 17.6 Å². The highest BCUT2D eigenvalue weighted by atomic mass is 35.5. The van der Waals surface area contributed by atoms with Crippen molar-refractivity contribution in [2.45, 2.75) is 32.5 Å². The molecule has 0 radical (unpaired) electrons. The molecule has 1 aliphatic heterocycles. The zero-order chi connectivity index (χ0) is 17.2. The summed E-state index contributed by atoms with van der Waals surface area (Å²) in [6.45, 7) is 6.77. The lowest BCUT2D eigenvalue weighted by molar-refractivity contribution is -0.137. The van der Waals surface area contributed by atoms with Gasteiger partial charge in [0.2, 0.25) is 0 Å². The van der Waals surface area contributed by atoms with Crippen LogP contribution in [0, 0.1) is 11.7 Å². The minimum atomic E-state index is -4.54. The first-order chi connectivity index (χ1) is 10.7. The maximum Gasteiger partial charge on any atom is 0.416 e. The van der Waals surface area contributed by atoms with Crippen molar-refractivity contribution >= 4 is 24.0 Å². The number of halogens is 6. The van der Waals surface area contributed by atoms with Crippen molar-refractivity contribution in [3.05, 3.63) is 34.1 Å². The average Bonchev–Trinajstić information content (AvgIpc) is 2.47. The molecule has 1 aromatic carbocycles. The van der Waals surface area contributed by atoms with Gasteiger partial charge in [0.15, 0.2) is 0 Å². The Morgan fingerprint density at radius 2 is 1.79 bits per heavy atom. The highest BCUT2D eigenvalue weighted by molar-refractivity contribution is 6.30. The fourth-order valence-electron chi connectivity index (χ4n) is 2.93. The average molecular weight is 389 g/mol. The van der Waals surface area contributed by atoms with Crippen LogP contribution in [0.25, 0.3) is 0 Å². The molecule has 1 aliphatic rings. The molecule has 138 valence electrons. The quantitative estimate of drug-likeness (QED) is 0.736. The lowest BCUT2D eigenvalue weighted by Crippen LogP contribution is -2.45. The predicted octanol–water partition coefficient (Wildman–Crippen LogP) is 4.91. The summed E-state index contributed by atoms with van der Waals surface area (Å²) in [6, 6.07) is 1.16. The molecule has 0 bridgehead atoms. The number of rotatable bonds is 4. The van der Waals surface area contributed by atoms with Gasteiger partial charge in [-0.1, -0.05) is 25.4 Å². The monoisotopic (exact) mass is 388 g/mol. The molecule has 1 atom stereocenters. The molecule has 1 aromatic rings. The van der Waals surface area contributed by atoms with Crippen LogP contribution in [0.5, 0.6) is 0 Å². The smallest absolute Gasteiger partial charge is 0.314 e. The van der Waals surface area contributed by atoms with Gasteiger partial charge in [-0.25, -0.2) is 4.39 Å². The van der Waals surface area contributed by atoms with Crippen LogP contribution in [0.15, 0.2) is 12.1 Å².